The molecular weight excluding hydrogens is 406 g/mol. The summed E-state index contributed by atoms with van der Waals surface area (Å²) in [4.78, 5) is 27.5. The standard InChI is InChI=1S/C26H31NO5/c1-17(2)16-32-20-11-12-21(18(3)15-20)24(28)22-23(19-9-6-5-7-10-19)27(13-8-14-31-4)26(30)25(22)29/h5-7,9-12,15,17,23,28H,8,13-14,16H2,1-4H3/t23-/m1/s1. The van der Waals surface area contributed by atoms with E-state index in [4.69, 9.17) is 9.47 Å². The summed E-state index contributed by atoms with van der Waals surface area (Å²) in [6, 6.07) is 14.0. The summed E-state index contributed by atoms with van der Waals surface area (Å²) >= 11 is 0. The number of likely N-dealkylation sites (tertiary alicyclic amines) is 1. The molecule has 32 heavy (non-hydrogen) atoms. The largest absolute Gasteiger partial charge is 0.507 e. The van der Waals surface area contributed by atoms with Gasteiger partial charge in [0.25, 0.3) is 11.7 Å². The molecule has 0 saturated carbocycles. The van der Waals surface area contributed by atoms with Gasteiger partial charge in [-0.05, 0) is 48.6 Å². The van der Waals surface area contributed by atoms with Gasteiger partial charge in [0.1, 0.15) is 11.5 Å². The van der Waals surface area contributed by atoms with Crippen LogP contribution in [-0.4, -0.2) is 48.6 Å². The van der Waals surface area contributed by atoms with Gasteiger partial charge in [-0.15, -0.1) is 0 Å². The lowest BCUT2D eigenvalue weighted by Crippen LogP contribution is -2.31. The molecule has 1 fully saturated rings. The second-order valence-corrected chi connectivity index (χ2v) is 8.43. The highest BCUT2D eigenvalue weighted by molar-refractivity contribution is 6.46. The van der Waals surface area contributed by atoms with Crippen LogP contribution in [0.4, 0.5) is 0 Å². The molecule has 1 heterocycles. The SMILES string of the molecule is COCCCN1C(=O)C(=O)C(=C(O)c2ccc(OCC(C)C)cc2C)[C@H]1c1ccccc1. The molecule has 0 aromatic heterocycles. The highest BCUT2D eigenvalue weighted by atomic mass is 16.5. The number of carbonyl (C=O) groups excluding carboxylic acids is 2. The van der Waals surface area contributed by atoms with Crippen molar-refractivity contribution < 1.29 is 24.2 Å². The number of amides is 1. The zero-order chi connectivity index (χ0) is 23.3. The number of hydrogen-bond acceptors (Lipinski definition) is 5. The minimum absolute atomic E-state index is 0.109. The first-order chi connectivity index (χ1) is 15.3. The molecule has 0 spiro atoms. The van der Waals surface area contributed by atoms with Crippen LogP contribution >= 0.6 is 0 Å². The van der Waals surface area contributed by atoms with Crippen LogP contribution < -0.4 is 4.74 Å². The molecule has 1 atom stereocenters. The van der Waals surface area contributed by atoms with E-state index in [1.807, 2.05) is 43.3 Å². The van der Waals surface area contributed by atoms with Gasteiger partial charge in [0.05, 0.1) is 18.2 Å². The fraction of sp³-hybridized carbons (Fsp3) is 0.385. The van der Waals surface area contributed by atoms with E-state index in [0.29, 0.717) is 43.4 Å². The molecule has 2 aromatic rings. The molecule has 1 N–H and O–H groups in total. The zero-order valence-electron chi connectivity index (χ0n) is 19.1. The van der Waals surface area contributed by atoms with Crippen molar-refractivity contribution in [1.82, 2.24) is 4.90 Å². The quantitative estimate of drug-likeness (QED) is 0.271. The predicted molar refractivity (Wildman–Crippen MR) is 123 cm³/mol. The van der Waals surface area contributed by atoms with Gasteiger partial charge in [-0.25, -0.2) is 0 Å². The van der Waals surface area contributed by atoms with Crippen molar-refractivity contribution in [3.63, 3.8) is 0 Å². The number of benzene rings is 2. The summed E-state index contributed by atoms with van der Waals surface area (Å²) in [5.74, 6) is -0.352. The third kappa shape index (κ3) is 5.02. The van der Waals surface area contributed by atoms with Crippen molar-refractivity contribution in [3.8, 4) is 5.75 Å². The smallest absolute Gasteiger partial charge is 0.295 e. The van der Waals surface area contributed by atoms with E-state index in [1.165, 1.54) is 4.90 Å². The third-order valence-corrected chi connectivity index (χ3v) is 5.44. The molecule has 3 rings (SSSR count). The van der Waals surface area contributed by atoms with Gasteiger partial charge in [-0.2, -0.15) is 0 Å². The molecule has 0 aliphatic carbocycles. The predicted octanol–water partition coefficient (Wildman–Crippen LogP) is 4.49. The summed E-state index contributed by atoms with van der Waals surface area (Å²) in [6.07, 6.45) is 0.591. The number of ketones is 1. The molecule has 0 bridgehead atoms. The van der Waals surface area contributed by atoms with Crippen LogP contribution in [-0.2, 0) is 14.3 Å². The summed E-state index contributed by atoms with van der Waals surface area (Å²) in [7, 11) is 1.60. The number of Topliss-reactive ketones (excluding diaryl/α,β-unsaturated/α-hetero) is 1. The van der Waals surface area contributed by atoms with Crippen molar-refractivity contribution in [1.29, 1.82) is 0 Å². The molecule has 0 radical (unpaired) electrons. The van der Waals surface area contributed by atoms with Crippen LogP contribution in [0, 0.1) is 12.8 Å². The minimum Gasteiger partial charge on any atom is -0.507 e. The molecular formula is C26H31NO5. The van der Waals surface area contributed by atoms with E-state index in [1.54, 1.807) is 19.2 Å². The number of aliphatic hydroxyl groups excluding tert-OH is 1. The lowest BCUT2D eigenvalue weighted by atomic mass is 9.94. The lowest BCUT2D eigenvalue weighted by Gasteiger charge is -2.25. The third-order valence-electron chi connectivity index (χ3n) is 5.44. The van der Waals surface area contributed by atoms with Crippen LogP contribution in [0.25, 0.3) is 5.76 Å². The number of hydrogen-bond donors (Lipinski definition) is 1. The van der Waals surface area contributed by atoms with E-state index in [2.05, 4.69) is 13.8 Å². The van der Waals surface area contributed by atoms with E-state index in [0.717, 1.165) is 11.1 Å². The summed E-state index contributed by atoms with van der Waals surface area (Å²) in [5.41, 5.74) is 2.16. The Bertz CT molecular complexity index is 997. The molecule has 6 heteroatoms. The van der Waals surface area contributed by atoms with Crippen molar-refractivity contribution >= 4 is 17.4 Å². The Morgan fingerprint density at radius 3 is 2.47 bits per heavy atom. The number of methoxy groups -OCH3 is 1. The number of ether oxygens (including phenoxy) is 2. The van der Waals surface area contributed by atoms with Gasteiger partial charge in [0.15, 0.2) is 0 Å². The Labute approximate surface area is 189 Å². The van der Waals surface area contributed by atoms with Gasteiger partial charge in [-0.3, -0.25) is 9.59 Å². The van der Waals surface area contributed by atoms with Crippen molar-refractivity contribution in [2.24, 2.45) is 5.92 Å². The van der Waals surface area contributed by atoms with Gasteiger partial charge >= 0.3 is 0 Å². The van der Waals surface area contributed by atoms with E-state index in [9.17, 15) is 14.7 Å². The Morgan fingerprint density at radius 2 is 1.84 bits per heavy atom. The van der Waals surface area contributed by atoms with Gasteiger partial charge in [0, 0.05) is 25.8 Å². The second-order valence-electron chi connectivity index (χ2n) is 8.43. The molecule has 1 amide bonds. The van der Waals surface area contributed by atoms with Gasteiger partial charge in [0.2, 0.25) is 0 Å². The maximum atomic E-state index is 13.0. The maximum absolute atomic E-state index is 13.0. The Hall–Kier alpha value is -3.12. The van der Waals surface area contributed by atoms with Crippen LogP contribution in [0.1, 0.15) is 43.0 Å². The van der Waals surface area contributed by atoms with Crippen LogP contribution in [0.2, 0.25) is 0 Å². The highest BCUT2D eigenvalue weighted by Gasteiger charge is 2.45. The summed E-state index contributed by atoms with van der Waals surface area (Å²) < 4.78 is 10.9. The first kappa shape index (κ1) is 23.5. The van der Waals surface area contributed by atoms with Crippen LogP contribution in [0.15, 0.2) is 54.1 Å². The molecule has 1 aliphatic heterocycles. The van der Waals surface area contributed by atoms with Crippen molar-refractivity contribution in [3.05, 3.63) is 70.8 Å². The number of carbonyl (C=O) groups is 2. The van der Waals surface area contributed by atoms with E-state index < -0.39 is 17.7 Å². The fourth-order valence-corrected chi connectivity index (χ4v) is 3.87. The Balaban J connectivity index is 2.04. The lowest BCUT2D eigenvalue weighted by molar-refractivity contribution is -0.140. The molecule has 0 unspecified atom stereocenters. The number of rotatable bonds is 9. The Morgan fingerprint density at radius 1 is 1.12 bits per heavy atom. The van der Waals surface area contributed by atoms with Crippen LogP contribution in [0.3, 0.4) is 0 Å². The minimum atomic E-state index is -0.673. The van der Waals surface area contributed by atoms with Crippen molar-refractivity contribution in [2.45, 2.75) is 33.2 Å². The summed E-state index contributed by atoms with van der Waals surface area (Å²) in [5, 5.41) is 11.2. The average molecular weight is 438 g/mol. The topological polar surface area (TPSA) is 76.1 Å². The molecule has 1 aliphatic rings. The fourth-order valence-electron chi connectivity index (χ4n) is 3.87. The van der Waals surface area contributed by atoms with Crippen LogP contribution in [0.5, 0.6) is 5.75 Å². The Kier molecular flexibility index (Phi) is 7.70. The van der Waals surface area contributed by atoms with Crippen molar-refractivity contribution in [2.75, 3.05) is 26.9 Å². The normalized spacial score (nSPS) is 17.9. The first-order valence-corrected chi connectivity index (χ1v) is 10.9. The second kappa shape index (κ2) is 10.5. The average Bonchev–Trinajstić information content (AvgIpc) is 3.03. The number of aryl methyl sites for hydroxylation is 1. The first-order valence-electron chi connectivity index (χ1n) is 10.9. The van der Waals surface area contributed by atoms with E-state index >= 15 is 0 Å². The molecule has 170 valence electrons. The van der Waals surface area contributed by atoms with Gasteiger partial charge < -0.3 is 19.5 Å². The number of nitrogens with zero attached hydrogens (tertiary/aromatic N) is 1. The monoisotopic (exact) mass is 437 g/mol. The molecule has 2 aromatic carbocycles. The number of aliphatic hydroxyl groups is 1. The summed E-state index contributed by atoms with van der Waals surface area (Å²) in [6.45, 7) is 7.41. The molecule has 6 nitrogen and oxygen atoms in total. The maximum Gasteiger partial charge on any atom is 0.295 e. The zero-order valence-corrected chi connectivity index (χ0v) is 19.1. The highest BCUT2D eigenvalue weighted by Crippen LogP contribution is 2.40. The molecule has 1 saturated heterocycles. The van der Waals surface area contributed by atoms with E-state index in [-0.39, 0.29) is 11.3 Å². The van der Waals surface area contributed by atoms with Gasteiger partial charge in [-0.1, -0.05) is 44.2 Å².